The SMILES string of the molecule is Cc1ccc(S(=O)(=O)O[C@H]2C(=O)N(Cc3ccccc3)[C@@H]2Cl)cc1. The second-order valence-corrected chi connectivity index (χ2v) is 7.63. The Labute approximate surface area is 145 Å². The maximum absolute atomic E-state index is 12.3. The highest BCUT2D eigenvalue weighted by molar-refractivity contribution is 7.86. The lowest BCUT2D eigenvalue weighted by atomic mass is 10.1. The Morgan fingerprint density at radius 1 is 1.08 bits per heavy atom. The summed E-state index contributed by atoms with van der Waals surface area (Å²) in [7, 11) is -4.03. The Bertz CT molecular complexity index is 837. The molecular weight excluding hydrogens is 350 g/mol. The summed E-state index contributed by atoms with van der Waals surface area (Å²) in [6, 6.07) is 15.5. The molecular formula is C17H16ClNO4S. The van der Waals surface area contributed by atoms with Gasteiger partial charge in [-0.3, -0.25) is 4.79 Å². The molecule has 1 heterocycles. The monoisotopic (exact) mass is 365 g/mol. The molecule has 0 spiro atoms. The summed E-state index contributed by atoms with van der Waals surface area (Å²) in [4.78, 5) is 13.6. The maximum Gasteiger partial charge on any atom is 0.297 e. The predicted octanol–water partition coefficient (Wildman–Crippen LogP) is 2.68. The zero-order chi connectivity index (χ0) is 17.3. The first-order valence-electron chi connectivity index (χ1n) is 7.37. The third-order valence-corrected chi connectivity index (χ3v) is 5.58. The van der Waals surface area contributed by atoms with Crippen molar-refractivity contribution in [1.29, 1.82) is 0 Å². The average Bonchev–Trinajstić information content (AvgIpc) is 2.59. The fraction of sp³-hybridized carbons (Fsp3) is 0.235. The number of likely N-dealkylation sites (tertiary alicyclic amines) is 1. The average molecular weight is 366 g/mol. The third-order valence-electron chi connectivity index (χ3n) is 3.81. The summed E-state index contributed by atoms with van der Waals surface area (Å²) >= 11 is 6.16. The van der Waals surface area contributed by atoms with Crippen molar-refractivity contribution in [2.24, 2.45) is 0 Å². The van der Waals surface area contributed by atoms with E-state index in [9.17, 15) is 13.2 Å². The lowest BCUT2D eigenvalue weighted by molar-refractivity contribution is -0.157. The van der Waals surface area contributed by atoms with Gasteiger partial charge in [-0.15, -0.1) is 0 Å². The van der Waals surface area contributed by atoms with E-state index in [2.05, 4.69) is 0 Å². The highest BCUT2D eigenvalue weighted by Crippen LogP contribution is 2.31. The fourth-order valence-corrected chi connectivity index (χ4v) is 3.84. The Balaban J connectivity index is 1.69. The molecule has 1 aliphatic rings. The van der Waals surface area contributed by atoms with E-state index < -0.39 is 27.6 Å². The van der Waals surface area contributed by atoms with Gasteiger partial charge in [-0.1, -0.05) is 59.6 Å². The van der Waals surface area contributed by atoms with Crippen LogP contribution < -0.4 is 0 Å². The van der Waals surface area contributed by atoms with Gasteiger partial charge in [0.2, 0.25) is 0 Å². The molecule has 0 aromatic heterocycles. The topological polar surface area (TPSA) is 63.7 Å². The highest BCUT2D eigenvalue weighted by Gasteiger charge is 2.49. The first kappa shape index (κ1) is 17.0. The number of carbonyl (C=O) groups is 1. The first-order chi connectivity index (χ1) is 11.4. The van der Waals surface area contributed by atoms with E-state index >= 15 is 0 Å². The summed E-state index contributed by atoms with van der Waals surface area (Å²) in [6.45, 7) is 2.17. The van der Waals surface area contributed by atoms with Crippen LogP contribution in [0.2, 0.25) is 0 Å². The van der Waals surface area contributed by atoms with Crippen molar-refractivity contribution in [3.8, 4) is 0 Å². The molecule has 0 saturated carbocycles. The molecule has 0 unspecified atom stereocenters. The van der Waals surface area contributed by atoms with Gasteiger partial charge in [-0.25, -0.2) is 4.18 Å². The van der Waals surface area contributed by atoms with Crippen LogP contribution in [-0.2, 0) is 25.6 Å². The van der Waals surface area contributed by atoms with Gasteiger partial charge in [0.15, 0.2) is 6.10 Å². The maximum atomic E-state index is 12.3. The van der Waals surface area contributed by atoms with E-state index in [1.54, 1.807) is 12.1 Å². The summed E-state index contributed by atoms with van der Waals surface area (Å²) in [5.74, 6) is -0.436. The molecule has 0 radical (unpaired) electrons. The molecule has 2 aromatic rings. The molecule has 2 atom stereocenters. The molecule has 0 N–H and O–H groups in total. The molecule has 0 aliphatic carbocycles. The van der Waals surface area contributed by atoms with Crippen molar-refractivity contribution in [1.82, 2.24) is 4.90 Å². The van der Waals surface area contributed by atoms with Crippen molar-refractivity contribution >= 4 is 27.6 Å². The van der Waals surface area contributed by atoms with Crippen molar-refractivity contribution in [3.05, 3.63) is 65.7 Å². The molecule has 1 amide bonds. The van der Waals surface area contributed by atoms with Crippen LogP contribution in [-0.4, -0.2) is 30.8 Å². The number of aryl methyl sites for hydroxylation is 1. The molecule has 2 aromatic carbocycles. The summed E-state index contributed by atoms with van der Waals surface area (Å²) in [5.41, 5.74) is 1.02. The second-order valence-electron chi connectivity index (χ2n) is 5.61. The number of hydrogen-bond donors (Lipinski definition) is 0. The van der Waals surface area contributed by atoms with Gasteiger partial charge in [0.05, 0.1) is 4.90 Å². The molecule has 1 fully saturated rings. The number of amides is 1. The van der Waals surface area contributed by atoms with Gasteiger partial charge >= 0.3 is 0 Å². The van der Waals surface area contributed by atoms with Crippen LogP contribution in [0.5, 0.6) is 0 Å². The lowest BCUT2D eigenvalue weighted by Gasteiger charge is -2.42. The Kier molecular flexibility index (Phi) is 4.62. The second kappa shape index (κ2) is 6.55. The molecule has 126 valence electrons. The van der Waals surface area contributed by atoms with Crippen molar-refractivity contribution < 1.29 is 17.4 Å². The van der Waals surface area contributed by atoms with E-state index in [-0.39, 0.29) is 4.90 Å². The number of halogens is 1. The number of β-lactam (4-membered cyclic amide) rings is 1. The van der Waals surface area contributed by atoms with E-state index in [4.69, 9.17) is 15.8 Å². The zero-order valence-corrected chi connectivity index (χ0v) is 14.5. The molecule has 24 heavy (non-hydrogen) atoms. The number of carbonyl (C=O) groups excluding carboxylic acids is 1. The van der Waals surface area contributed by atoms with Gasteiger partial charge in [0.1, 0.15) is 5.50 Å². The number of rotatable bonds is 5. The minimum Gasteiger partial charge on any atom is -0.316 e. The van der Waals surface area contributed by atoms with Crippen molar-refractivity contribution in [2.45, 2.75) is 30.0 Å². The fourth-order valence-electron chi connectivity index (χ4n) is 2.41. The first-order valence-corrected chi connectivity index (χ1v) is 9.21. The van der Waals surface area contributed by atoms with E-state index in [0.29, 0.717) is 6.54 Å². The van der Waals surface area contributed by atoms with Crippen LogP contribution in [0.1, 0.15) is 11.1 Å². The van der Waals surface area contributed by atoms with Crippen LogP contribution in [0.25, 0.3) is 0 Å². The van der Waals surface area contributed by atoms with Crippen LogP contribution in [0.15, 0.2) is 59.5 Å². The Morgan fingerprint density at radius 3 is 2.29 bits per heavy atom. The van der Waals surface area contributed by atoms with E-state index in [1.807, 2.05) is 37.3 Å². The number of alkyl halides is 1. The largest absolute Gasteiger partial charge is 0.316 e. The number of hydrogen-bond acceptors (Lipinski definition) is 4. The highest BCUT2D eigenvalue weighted by atomic mass is 35.5. The van der Waals surface area contributed by atoms with Crippen LogP contribution in [0, 0.1) is 6.92 Å². The molecule has 7 heteroatoms. The summed E-state index contributed by atoms with van der Waals surface area (Å²) < 4.78 is 29.5. The number of benzene rings is 2. The minimum atomic E-state index is -4.03. The Morgan fingerprint density at radius 2 is 1.71 bits per heavy atom. The third kappa shape index (κ3) is 3.31. The van der Waals surface area contributed by atoms with Gasteiger partial charge in [-0.05, 0) is 24.6 Å². The predicted molar refractivity (Wildman–Crippen MR) is 89.9 cm³/mol. The zero-order valence-electron chi connectivity index (χ0n) is 12.9. The standard InChI is InChI=1S/C17H16ClNO4S/c1-12-7-9-14(10-8-12)24(21,22)23-15-16(18)19(17(15)20)11-13-5-3-2-4-6-13/h2-10,15-16H,11H2,1H3/t15-,16+/m1/s1. The Hall–Kier alpha value is -1.89. The number of nitrogens with zero attached hydrogens (tertiary/aromatic N) is 1. The van der Waals surface area contributed by atoms with Gasteiger partial charge in [-0.2, -0.15) is 8.42 Å². The van der Waals surface area contributed by atoms with Crippen LogP contribution in [0.4, 0.5) is 0 Å². The molecule has 1 aliphatic heterocycles. The van der Waals surface area contributed by atoms with Gasteiger partial charge < -0.3 is 4.90 Å². The smallest absolute Gasteiger partial charge is 0.297 e. The van der Waals surface area contributed by atoms with Gasteiger partial charge in [0.25, 0.3) is 16.0 Å². The molecule has 3 rings (SSSR count). The normalized spacial score (nSPS) is 20.8. The minimum absolute atomic E-state index is 0.00581. The molecule has 1 saturated heterocycles. The summed E-state index contributed by atoms with van der Waals surface area (Å²) in [5, 5.41) is 0. The van der Waals surface area contributed by atoms with Gasteiger partial charge in [0, 0.05) is 6.54 Å². The van der Waals surface area contributed by atoms with Crippen molar-refractivity contribution in [2.75, 3.05) is 0 Å². The van der Waals surface area contributed by atoms with E-state index in [0.717, 1.165) is 11.1 Å². The van der Waals surface area contributed by atoms with Crippen molar-refractivity contribution in [3.63, 3.8) is 0 Å². The molecule has 0 bridgehead atoms. The quantitative estimate of drug-likeness (QED) is 0.353. The van der Waals surface area contributed by atoms with Crippen LogP contribution in [0.3, 0.4) is 0 Å². The summed E-state index contributed by atoms with van der Waals surface area (Å²) in [6.07, 6.45) is -1.19. The lowest BCUT2D eigenvalue weighted by Crippen LogP contribution is -2.62. The van der Waals surface area contributed by atoms with Crippen LogP contribution >= 0.6 is 11.6 Å². The molecule has 5 nitrogen and oxygen atoms in total. The van der Waals surface area contributed by atoms with E-state index in [1.165, 1.54) is 17.0 Å².